The van der Waals surface area contributed by atoms with Crippen LogP contribution in [-0.4, -0.2) is 79.0 Å². The Balaban J connectivity index is 0.00000272. The van der Waals surface area contributed by atoms with Crippen LogP contribution in [0, 0.1) is 0 Å². The normalized spacial score (nSPS) is 17.5. The summed E-state index contributed by atoms with van der Waals surface area (Å²) in [5.74, 6) is 1.12. The van der Waals surface area contributed by atoms with E-state index in [1.54, 1.807) is 0 Å². The molecule has 0 radical (unpaired) electrons. The predicted molar refractivity (Wildman–Crippen MR) is 137 cm³/mol. The fourth-order valence-electron chi connectivity index (χ4n) is 4.24. The Morgan fingerprint density at radius 1 is 1.19 bits per heavy atom. The lowest BCUT2D eigenvalue weighted by molar-refractivity contribution is -0.122. The Kier molecular flexibility index (Phi) is 8.59. The number of hydrogen-bond donors (Lipinski definition) is 3. The standard InChI is InChI=1S/C23H34N6O.HI/c1-3-17-5-4-6-20-18(15-26-22(17)20)9-10-25-23(24-2)29-13-11-28(12-14-29)16-21(30)27-19-7-8-19;/h4-6,15,19,26H,3,7-14,16H2,1-2H3,(H,24,25)(H,27,30);1H. The molecule has 1 saturated carbocycles. The molecule has 0 unspecified atom stereocenters. The topological polar surface area (TPSA) is 75.8 Å². The number of fused-ring (bicyclic) bond motifs is 1. The van der Waals surface area contributed by atoms with E-state index in [2.05, 4.69) is 61.7 Å². The van der Waals surface area contributed by atoms with E-state index < -0.39 is 0 Å². The molecule has 2 aromatic rings. The second-order valence-corrected chi connectivity index (χ2v) is 8.34. The number of aliphatic imine (C=N–C) groups is 1. The van der Waals surface area contributed by atoms with Crippen LogP contribution in [0.1, 0.15) is 30.9 Å². The van der Waals surface area contributed by atoms with Gasteiger partial charge in [0.05, 0.1) is 6.54 Å². The Bertz CT molecular complexity index is 899. The van der Waals surface area contributed by atoms with Gasteiger partial charge in [-0.25, -0.2) is 0 Å². The van der Waals surface area contributed by atoms with Gasteiger partial charge in [0, 0.05) is 62.9 Å². The second kappa shape index (κ2) is 11.2. The highest BCUT2D eigenvalue weighted by molar-refractivity contribution is 14.0. The summed E-state index contributed by atoms with van der Waals surface area (Å²) in [4.78, 5) is 24.5. The van der Waals surface area contributed by atoms with Crippen LogP contribution in [0.15, 0.2) is 29.4 Å². The third-order valence-electron chi connectivity index (χ3n) is 6.14. The molecular formula is C23H35IN6O. The van der Waals surface area contributed by atoms with E-state index in [0.29, 0.717) is 12.6 Å². The van der Waals surface area contributed by atoms with Crippen molar-refractivity contribution in [1.29, 1.82) is 0 Å². The Labute approximate surface area is 202 Å². The number of nitrogens with one attached hydrogen (secondary N) is 3. The van der Waals surface area contributed by atoms with Crippen LogP contribution in [0.25, 0.3) is 10.9 Å². The fraction of sp³-hybridized carbons (Fsp3) is 0.565. The number of para-hydroxylation sites is 1. The summed E-state index contributed by atoms with van der Waals surface area (Å²) in [5, 5.41) is 7.92. The quantitative estimate of drug-likeness (QED) is 0.288. The van der Waals surface area contributed by atoms with Gasteiger partial charge < -0.3 is 20.5 Å². The summed E-state index contributed by atoms with van der Waals surface area (Å²) in [6, 6.07) is 6.98. The number of aryl methyl sites for hydroxylation is 1. The third kappa shape index (κ3) is 6.12. The lowest BCUT2D eigenvalue weighted by atomic mass is 10.1. The maximum absolute atomic E-state index is 12.0. The maximum atomic E-state index is 12.0. The fourth-order valence-corrected chi connectivity index (χ4v) is 4.24. The van der Waals surface area contributed by atoms with Crippen LogP contribution < -0.4 is 10.6 Å². The highest BCUT2D eigenvalue weighted by atomic mass is 127. The van der Waals surface area contributed by atoms with Crippen LogP contribution in [0.5, 0.6) is 0 Å². The van der Waals surface area contributed by atoms with Crippen molar-refractivity contribution < 1.29 is 4.79 Å². The molecule has 1 aromatic carbocycles. The molecule has 7 nitrogen and oxygen atoms in total. The summed E-state index contributed by atoms with van der Waals surface area (Å²) in [6.45, 7) is 7.12. The Morgan fingerprint density at radius 2 is 1.97 bits per heavy atom. The first-order chi connectivity index (χ1) is 14.7. The van der Waals surface area contributed by atoms with Crippen molar-refractivity contribution in [2.75, 3.05) is 46.3 Å². The zero-order chi connectivity index (χ0) is 20.9. The number of guanidine groups is 1. The number of piperazine rings is 1. The maximum Gasteiger partial charge on any atom is 0.234 e. The largest absolute Gasteiger partial charge is 0.361 e. The molecule has 31 heavy (non-hydrogen) atoms. The first kappa shape index (κ1) is 23.8. The lowest BCUT2D eigenvalue weighted by Gasteiger charge is -2.36. The number of halogens is 1. The minimum atomic E-state index is 0. The van der Waals surface area contributed by atoms with Crippen LogP contribution in [0.2, 0.25) is 0 Å². The molecule has 1 aromatic heterocycles. The molecule has 1 amide bonds. The lowest BCUT2D eigenvalue weighted by Crippen LogP contribution is -2.54. The summed E-state index contributed by atoms with van der Waals surface area (Å²) >= 11 is 0. The number of nitrogens with zero attached hydrogens (tertiary/aromatic N) is 3. The molecule has 1 aliphatic heterocycles. The number of carbonyl (C=O) groups is 1. The van der Waals surface area contributed by atoms with Crippen LogP contribution in [-0.2, 0) is 17.6 Å². The molecule has 170 valence electrons. The van der Waals surface area contributed by atoms with Gasteiger partial charge in [-0.15, -0.1) is 24.0 Å². The molecule has 2 heterocycles. The van der Waals surface area contributed by atoms with E-state index in [0.717, 1.165) is 64.4 Å². The van der Waals surface area contributed by atoms with Crippen LogP contribution in [0.4, 0.5) is 0 Å². The summed E-state index contributed by atoms with van der Waals surface area (Å²) < 4.78 is 0. The molecule has 4 rings (SSSR count). The summed E-state index contributed by atoms with van der Waals surface area (Å²) in [6.07, 6.45) is 6.41. The van der Waals surface area contributed by atoms with Gasteiger partial charge in [-0.2, -0.15) is 0 Å². The number of hydrogen-bond acceptors (Lipinski definition) is 3. The highest BCUT2D eigenvalue weighted by Crippen LogP contribution is 2.22. The first-order valence-corrected chi connectivity index (χ1v) is 11.2. The number of H-pyrrole nitrogens is 1. The van der Waals surface area contributed by atoms with Crippen LogP contribution in [0.3, 0.4) is 0 Å². The van der Waals surface area contributed by atoms with Gasteiger partial charge in [-0.1, -0.05) is 25.1 Å². The number of aromatic nitrogens is 1. The smallest absolute Gasteiger partial charge is 0.234 e. The van der Waals surface area contributed by atoms with Gasteiger partial charge in [0.2, 0.25) is 5.91 Å². The minimum Gasteiger partial charge on any atom is -0.361 e. The van der Waals surface area contributed by atoms with Crippen molar-refractivity contribution in [3.63, 3.8) is 0 Å². The Hall–Kier alpha value is -1.81. The van der Waals surface area contributed by atoms with E-state index >= 15 is 0 Å². The SMILES string of the molecule is CCc1cccc2c(CCNC(=NC)N3CCN(CC(=O)NC4CC4)CC3)c[nH]c12.I. The molecule has 0 spiro atoms. The molecule has 0 bridgehead atoms. The van der Waals surface area contributed by atoms with Crippen molar-refractivity contribution in [2.24, 2.45) is 4.99 Å². The molecule has 1 saturated heterocycles. The zero-order valence-corrected chi connectivity index (χ0v) is 20.9. The van der Waals surface area contributed by atoms with E-state index in [-0.39, 0.29) is 29.9 Å². The van der Waals surface area contributed by atoms with Gasteiger partial charge in [-0.05, 0) is 36.8 Å². The van der Waals surface area contributed by atoms with Gasteiger partial charge >= 0.3 is 0 Å². The van der Waals surface area contributed by atoms with Crippen molar-refractivity contribution in [3.8, 4) is 0 Å². The average Bonchev–Trinajstić information content (AvgIpc) is 3.48. The minimum absolute atomic E-state index is 0. The van der Waals surface area contributed by atoms with Crippen molar-refractivity contribution in [1.82, 2.24) is 25.4 Å². The Morgan fingerprint density at radius 3 is 2.65 bits per heavy atom. The van der Waals surface area contributed by atoms with E-state index in [1.165, 1.54) is 22.0 Å². The van der Waals surface area contributed by atoms with Crippen molar-refractivity contribution in [2.45, 2.75) is 38.6 Å². The molecule has 2 fully saturated rings. The first-order valence-electron chi connectivity index (χ1n) is 11.2. The van der Waals surface area contributed by atoms with E-state index in [4.69, 9.17) is 0 Å². The predicted octanol–water partition coefficient (Wildman–Crippen LogP) is 2.36. The highest BCUT2D eigenvalue weighted by Gasteiger charge is 2.25. The second-order valence-electron chi connectivity index (χ2n) is 8.34. The number of carbonyl (C=O) groups excluding carboxylic acids is 1. The molecule has 1 aliphatic carbocycles. The third-order valence-corrected chi connectivity index (χ3v) is 6.14. The number of aromatic amines is 1. The van der Waals surface area contributed by atoms with Gasteiger partial charge in [0.25, 0.3) is 0 Å². The zero-order valence-electron chi connectivity index (χ0n) is 18.6. The summed E-state index contributed by atoms with van der Waals surface area (Å²) in [7, 11) is 1.84. The number of benzene rings is 1. The van der Waals surface area contributed by atoms with Crippen LogP contribution >= 0.6 is 24.0 Å². The van der Waals surface area contributed by atoms with Crippen molar-refractivity contribution in [3.05, 3.63) is 35.5 Å². The van der Waals surface area contributed by atoms with Gasteiger partial charge in [0.15, 0.2) is 5.96 Å². The molecule has 8 heteroatoms. The number of rotatable bonds is 7. The number of amides is 1. The van der Waals surface area contributed by atoms with E-state index in [1.807, 2.05) is 7.05 Å². The monoisotopic (exact) mass is 538 g/mol. The molecular weight excluding hydrogens is 503 g/mol. The molecule has 3 N–H and O–H groups in total. The van der Waals surface area contributed by atoms with Crippen molar-refractivity contribution >= 4 is 46.7 Å². The van der Waals surface area contributed by atoms with Gasteiger partial charge in [-0.3, -0.25) is 14.7 Å². The van der Waals surface area contributed by atoms with Gasteiger partial charge in [0.1, 0.15) is 0 Å². The summed E-state index contributed by atoms with van der Waals surface area (Å²) in [5.41, 5.74) is 3.97. The van der Waals surface area contributed by atoms with E-state index in [9.17, 15) is 4.79 Å². The average molecular weight is 538 g/mol. The molecule has 2 aliphatic rings. The molecule has 0 atom stereocenters.